The number of halogens is 1. The maximum absolute atomic E-state index is 11.4. The van der Waals surface area contributed by atoms with Gasteiger partial charge in [-0.3, -0.25) is 0 Å². The molecule has 0 bridgehead atoms. The number of H-pyrrole nitrogens is 1. The molecule has 1 N–H and O–H groups in total. The number of imidazole rings is 1. The number of carbonyl (C=O) groups excluding carboxylic acids is 1. The number of aromatic nitrogens is 3. The minimum absolute atomic E-state index is 0.137. The predicted molar refractivity (Wildman–Crippen MR) is 113 cm³/mol. The summed E-state index contributed by atoms with van der Waals surface area (Å²) in [7, 11) is 1.47. The topological polar surface area (TPSA) is 77.1 Å². The van der Waals surface area contributed by atoms with E-state index in [1.54, 1.807) is 18.5 Å². The van der Waals surface area contributed by atoms with Gasteiger partial charge >= 0.3 is 5.97 Å². The van der Waals surface area contributed by atoms with E-state index in [2.05, 4.69) is 63.1 Å². The van der Waals surface area contributed by atoms with Crippen molar-refractivity contribution in [2.75, 3.05) is 13.7 Å². The first-order chi connectivity index (χ1) is 12.5. The Bertz CT molecular complexity index is 644. The first-order valence-electron chi connectivity index (χ1n) is 8.74. The van der Waals surface area contributed by atoms with Crippen LogP contribution in [0.5, 0.6) is 5.75 Å². The van der Waals surface area contributed by atoms with Gasteiger partial charge in [0.1, 0.15) is 9.53 Å². The molecule has 0 amide bonds. The molecule has 143 valence electrons. The van der Waals surface area contributed by atoms with Crippen LogP contribution in [0.15, 0.2) is 24.7 Å². The summed E-state index contributed by atoms with van der Waals surface area (Å²) in [5.41, 5.74) is 0.371. The van der Waals surface area contributed by atoms with Crippen molar-refractivity contribution in [3.8, 4) is 5.75 Å². The number of pyridine rings is 1. The lowest BCUT2D eigenvalue weighted by Gasteiger charge is -2.08. The third-order valence-corrected chi connectivity index (χ3v) is 7.69. The molecule has 0 aliphatic rings. The molecule has 2 heterocycles. The van der Waals surface area contributed by atoms with E-state index >= 15 is 0 Å². The van der Waals surface area contributed by atoms with Crippen LogP contribution in [0.2, 0.25) is 18.1 Å². The maximum Gasteiger partial charge on any atom is 0.339 e. The molecule has 0 saturated carbocycles. The van der Waals surface area contributed by atoms with Crippen LogP contribution in [0.3, 0.4) is 0 Å². The van der Waals surface area contributed by atoms with E-state index < -0.39 is 5.97 Å². The van der Waals surface area contributed by atoms with Gasteiger partial charge in [-0.2, -0.15) is 0 Å². The lowest BCUT2D eigenvalue weighted by molar-refractivity contribution is 0.0599. The summed E-state index contributed by atoms with van der Waals surface area (Å²) in [6.45, 7) is 7.37. The molecule has 0 atom stereocenters. The number of methoxy groups -OCH3 is 1. The van der Waals surface area contributed by atoms with Crippen LogP contribution in [0.25, 0.3) is 0 Å². The van der Waals surface area contributed by atoms with E-state index in [1.807, 2.05) is 0 Å². The van der Waals surface area contributed by atoms with Crippen molar-refractivity contribution in [2.45, 2.75) is 45.3 Å². The first kappa shape index (κ1) is 22.6. The van der Waals surface area contributed by atoms with E-state index in [-0.39, 0.29) is 8.80 Å². The highest BCUT2D eigenvalue weighted by molar-refractivity contribution is 14.1. The van der Waals surface area contributed by atoms with Gasteiger partial charge in [0.25, 0.3) is 0 Å². The van der Waals surface area contributed by atoms with Crippen molar-refractivity contribution >= 4 is 37.4 Å². The molecule has 2 aromatic heterocycles. The molecule has 0 spiro atoms. The molecule has 2 rings (SSSR count). The second-order valence-corrected chi connectivity index (χ2v) is 10.1. The van der Waals surface area contributed by atoms with Gasteiger partial charge in [0, 0.05) is 33.8 Å². The van der Waals surface area contributed by atoms with Gasteiger partial charge in [-0.25, -0.2) is 14.8 Å². The number of carbonyl (C=O) groups is 1. The van der Waals surface area contributed by atoms with E-state index in [0.717, 1.165) is 5.82 Å². The highest BCUT2D eigenvalue weighted by Gasteiger charge is 2.11. The summed E-state index contributed by atoms with van der Waals surface area (Å²) in [4.78, 5) is 22.6. The fourth-order valence-electron chi connectivity index (χ4n) is 2.20. The quantitative estimate of drug-likeness (QED) is 0.259. The van der Waals surface area contributed by atoms with Crippen LogP contribution in [0, 0.1) is 3.70 Å². The Morgan fingerprint density at radius 1 is 1.23 bits per heavy atom. The standard InChI is InChI=1S/C12H12IN3O3.C6H15Si/c1-18-12(17)8-6-9(11(13)16-7-8)19-5-2-10-14-3-4-15-10;1-4-7(5-2)6-3/h3-4,6-7H,2,5H2,1H3,(H,14,15);4-6H2,1-3H3. The molecule has 0 fully saturated rings. The number of ether oxygens (including phenoxy) is 2. The Morgan fingerprint density at radius 3 is 2.42 bits per heavy atom. The Morgan fingerprint density at radius 2 is 1.92 bits per heavy atom. The number of hydrogen-bond acceptors (Lipinski definition) is 5. The smallest absolute Gasteiger partial charge is 0.339 e. The van der Waals surface area contributed by atoms with Crippen LogP contribution < -0.4 is 4.74 Å². The number of nitrogens with one attached hydrogen (secondary N) is 1. The van der Waals surface area contributed by atoms with Crippen LogP contribution in [0.4, 0.5) is 0 Å². The van der Waals surface area contributed by atoms with Crippen molar-refractivity contribution in [1.82, 2.24) is 15.0 Å². The van der Waals surface area contributed by atoms with Crippen LogP contribution in [0.1, 0.15) is 37.0 Å². The van der Waals surface area contributed by atoms with E-state index in [0.29, 0.717) is 28.0 Å². The lowest BCUT2D eigenvalue weighted by atomic mass is 10.3. The van der Waals surface area contributed by atoms with Gasteiger partial charge in [0.15, 0.2) is 5.75 Å². The number of nitrogens with zero attached hydrogens (tertiary/aromatic N) is 2. The van der Waals surface area contributed by atoms with Gasteiger partial charge in [-0.15, -0.1) is 0 Å². The minimum atomic E-state index is -0.431. The normalized spacial score (nSPS) is 10.2. The molecular weight excluding hydrogens is 461 g/mol. The first-order valence-corrected chi connectivity index (χ1v) is 11.9. The number of hydrogen-bond donors (Lipinski definition) is 1. The molecule has 0 aliphatic heterocycles. The molecule has 26 heavy (non-hydrogen) atoms. The SMILES string of the molecule is CC[Si](CC)CC.COC(=O)c1cnc(I)c(OCCc2ncc[nH]2)c1. The van der Waals surface area contributed by atoms with Crippen molar-refractivity contribution in [1.29, 1.82) is 0 Å². The summed E-state index contributed by atoms with van der Waals surface area (Å²) in [6.07, 6.45) is 5.58. The van der Waals surface area contributed by atoms with E-state index in [4.69, 9.17) is 4.74 Å². The van der Waals surface area contributed by atoms with Gasteiger partial charge in [0.2, 0.25) is 0 Å². The average molecular weight is 488 g/mol. The molecule has 0 aromatic carbocycles. The zero-order valence-corrected chi connectivity index (χ0v) is 19.0. The predicted octanol–water partition coefficient (Wildman–Crippen LogP) is 4.36. The number of aromatic amines is 1. The molecule has 6 nitrogen and oxygen atoms in total. The van der Waals surface area contributed by atoms with Gasteiger partial charge in [0.05, 0.1) is 19.3 Å². The third kappa shape index (κ3) is 7.86. The highest BCUT2D eigenvalue weighted by atomic mass is 127. The van der Waals surface area contributed by atoms with Crippen molar-refractivity contribution in [3.05, 3.63) is 39.7 Å². The molecule has 0 saturated heterocycles. The fraction of sp³-hybridized carbons (Fsp3) is 0.500. The van der Waals surface area contributed by atoms with Crippen LogP contribution in [-0.4, -0.2) is 43.4 Å². The zero-order valence-electron chi connectivity index (χ0n) is 15.8. The Balaban J connectivity index is 0.000000412. The Hall–Kier alpha value is -1.42. The van der Waals surface area contributed by atoms with Gasteiger partial charge in [-0.1, -0.05) is 38.9 Å². The van der Waals surface area contributed by atoms with Gasteiger partial charge in [-0.05, 0) is 28.7 Å². The van der Waals surface area contributed by atoms with Crippen LogP contribution in [-0.2, 0) is 11.2 Å². The van der Waals surface area contributed by atoms with Crippen molar-refractivity contribution in [3.63, 3.8) is 0 Å². The highest BCUT2D eigenvalue weighted by Crippen LogP contribution is 2.20. The molecule has 0 unspecified atom stereocenters. The van der Waals surface area contributed by atoms with Gasteiger partial charge < -0.3 is 14.5 Å². The summed E-state index contributed by atoms with van der Waals surface area (Å²) in [5.74, 6) is 0.988. The second kappa shape index (κ2) is 12.9. The summed E-state index contributed by atoms with van der Waals surface area (Å²) < 4.78 is 10.9. The molecule has 8 heteroatoms. The summed E-state index contributed by atoms with van der Waals surface area (Å²) in [5, 5.41) is 0. The number of rotatable bonds is 8. The lowest BCUT2D eigenvalue weighted by Crippen LogP contribution is -2.07. The molecular formula is C18H27IN3O3Si. The van der Waals surface area contributed by atoms with Crippen LogP contribution >= 0.6 is 22.6 Å². The minimum Gasteiger partial charge on any atom is -0.490 e. The zero-order chi connectivity index (χ0) is 19.4. The summed E-state index contributed by atoms with van der Waals surface area (Å²) in [6, 6.07) is 6.00. The Kier molecular flexibility index (Phi) is 11.2. The van der Waals surface area contributed by atoms with E-state index in [9.17, 15) is 4.79 Å². The number of esters is 1. The van der Waals surface area contributed by atoms with Crippen molar-refractivity contribution in [2.24, 2.45) is 0 Å². The van der Waals surface area contributed by atoms with Crippen molar-refractivity contribution < 1.29 is 14.3 Å². The largest absolute Gasteiger partial charge is 0.490 e. The second-order valence-electron chi connectivity index (χ2n) is 5.45. The monoisotopic (exact) mass is 488 g/mol. The fourth-order valence-corrected chi connectivity index (χ4v) is 4.15. The third-order valence-electron chi connectivity index (χ3n) is 3.88. The van der Waals surface area contributed by atoms with E-state index in [1.165, 1.54) is 31.4 Å². The molecule has 2 aromatic rings. The molecule has 0 aliphatic carbocycles. The average Bonchev–Trinajstić information content (AvgIpc) is 3.18. The summed E-state index contributed by atoms with van der Waals surface area (Å²) >= 11 is 2.05. The Labute approximate surface area is 170 Å². The maximum atomic E-state index is 11.4. The molecule has 1 radical (unpaired) electrons.